The van der Waals surface area contributed by atoms with Crippen LogP contribution in [0.3, 0.4) is 0 Å². The molecule has 114 valence electrons. The fourth-order valence-corrected chi connectivity index (χ4v) is 1.99. The van der Waals surface area contributed by atoms with E-state index in [1.165, 1.54) is 14.2 Å². The number of ether oxygens (including phenoxy) is 2. The topological polar surface area (TPSA) is 77.5 Å². The predicted octanol–water partition coefficient (Wildman–Crippen LogP) is 2.19. The second-order valence-electron chi connectivity index (χ2n) is 4.53. The number of carbonyl (C=O) groups excluding carboxylic acids is 2. The van der Waals surface area contributed by atoms with Crippen molar-refractivity contribution in [1.29, 1.82) is 0 Å². The molecule has 0 atom stereocenters. The highest BCUT2D eigenvalue weighted by atomic mass is 16.5. The van der Waals surface area contributed by atoms with Crippen molar-refractivity contribution in [3.05, 3.63) is 47.8 Å². The Kier molecular flexibility index (Phi) is 4.73. The molecule has 22 heavy (non-hydrogen) atoms. The number of benzene rings is 1. The van der Waals surface area contributed by atoms with Crippen LogP contribution in [0.4, 0.5) is 5.69 Å². The lowest BCUT2D eigenvalue weighted by Gasteiger charge is -2.12. The summed E-state index contributed by atoms with van der Waals surface area (Å²) < 4.78 is 9.21. The minimum Gasteiger partial charge on any atom is -0.466 e. The zero-order chi connectivity index (χ0) is 16.1. The Morgan fingerprint density at radius 1 is 1.18 bits per heavy atom. The number of fused-ring (bicyclic) bond motifs is 1. The van der Waals surface area contributed by atoms with Crippen molar-refractivity contribution >= 4 is 28.5 Å². The van der Waals surface area contributed by atoms with Gasteiger partial charge in [0.1, 0.15) is 5.70 Å². The van der Waals surface area contributed by atoms with Gasteiger partial charge in [-0.3, -0.25) is 4.98 Å². The van der Waals surface area contributed by atoms with E-state index in [2.05, 4.69) is 19.8 Å². The number of carbonyl (C=O) groups is 2. The molecule has 0 saturated heterocycles. The summed E-state index contributed by atoms with van der Waals surface area (Å²) in [7, 11) is 2.47. The van der Waals surface area contributed by atoms with Crippen molar-refractivity contribution in [2.24, 2.45) is 0 Å². The number of aromatic nitrogens is 1. The fourth-order valence-electron chi connectivity index (χ4n) is 1.99. The average Bonchev–Trinajstić information content (AvgIpc) is 2.55. The van der Waals surface area contributed by atoms with Crippen LogP contribution in [0.1, 0.15) is 5.56 Å². The smallest absolute Gasteiger partial charge is 0.354 e. The normalized spacial score (nSPS) is 11.1. The highest BCUT2D eigenvalue weighted by molar-refractivity contribution is 6.01. The third kappa shape index (κ3) is 3.22. The number of anilines is 1. The average molecular weight is 300 g/mol. The number of nitrogens with zero attached hydrogens (tertiary/aromatic N) is 1. The van der Waals surface area contributed by atoms with Gasteiger partial charge in [-0.25, -0.2) is 9.59 Å². The summed E-state index contributed by atoms with van der Waals surface area (Å²) in [5, 5.41) is 3.84. The molecule has 0 aliphatic rings. The van der Waals surface area contributed by atoms with Gasteiger partial charge < -0.3 is 14.8 Å². The molecule has 0 spiro atoms. The predicted molar refractivity (Wildman–Crippen MR) is 82.2 cm³/mol. The second-order valence-corrected chi connectivity index (χ2v) is 4.53. The Hall–Kier alpha value is -2.89. The van der Waals surface area contributed by atoms with Crippen LogP contribution >= 0.6 is 0 Å². The van der Waals surface area contributed by atoms with Crippen molar-refractivity contribution in [3.63, 3.8) is 0 Å². The Bertz CT molecular complexity index is 753. The van der Waals surface area contributed by atoms with Crippen LogP contribution in [0, 0.1) is 6.92 Å². The molecule has 6 heteroatoms. The maximum absolute atomic E-state index is 11.8. The van der Waals surface area contributed by atoms with Crippen LogP contribution in [0.25, 0.3) is 10.9 Å². The van der Waals surface area contributed by atoms with Gasteiger partial charge in [0.2, 0.25) is 0 Å². The van der Waals surface area contributed by atoms with Crippen LogP contribution in [-0.4, -0.2) is 31.1 Å². The highest BCUT2D eigenvalue weighted by Crippen LogP contribution is 2.25. The van der Waals surface area contributed by atoms with E-state index in [1.54, 1.807) is 12.3 Å². The minimum absolute atomic E-state index is 0.0230. The summed E-state index contributed by atoms with van der Waals surface area (Å²) in [5.41, 5.74) is 2.33. The number of hydrogen-bond donors (Lipinski definition) is 1. The van der Waals surface area contributed by atoms with Crippen LogP contribution < -0.4 is 5.32 Å². The molecule has 2 aromatic rings. The molecular formula is C16H16N2O4. The molecule has 6 nitrogen and oxygen atoms in total. The van der Waals surface area contributed by atoms with Crippen LogP contribution in [-0.2, 0) is 19.1 Å². The van der Waals surface area contributed by atoms with Gasteiger partial charge in [0.05, 0.1) is 31.5 Å². The first-order chi connectivity index (χ1) is 10.6. The van der Waals surface area contributed by atoms with E-state index in [0.717, 1.165) is 17.0 Å². The van der Waals surface area contributed by atoms with Gasteiger partial charge in [-0.2, -0.15) is 0 Å². The Labute approximate surface area is 127 Å². The van der Waals surface area contributed by atoms with E-state index in [9.17, 15) is 9.59 Å². The van der Waals surface area contributed by atoms with Crippen molar-refractivity contribution < 1.29 is 19.1 Å². The summed E-state index contributed by atoms with van der Waals surface area (Å²) in [6.07, 6.45) is 2.70. The monoisotopic (exact) mass is 300 g/mol. The zero-order valence-corrected chi connectivity index (χ0v) is 12.5. The molecule has 0 aliphatic carbocycles. The first-order valence-corrected chi connectivity index (χ1v) is 6.56. The molecule has 0 aliphatic heterocycles. The van der Waals surface area contributed by atoms with E-state index in [0.29, 0.717) is 11.2 Å². The van der Waals surface area contributed by atoms with E-state index in [-0.39, 0.29) is 5.70 Å². The molecule has 2 rings (SSSR count). The molecule has 0 bridgehead atoms. The molecule has 1 heterocycles. The molecule has 0 saturated carbocycles. The number of aryl methyl sites for hydroxylation is 1. The molecule has 1 N–H and O–H groups in total. The van der Waals surface area contributed by atoms with Gasteiger partial charge in [-0.15, -0.1) is 0 Å². The number of esters is 2. The lowest BCUT2D eigenvalue weighted by molar-refractivity contribution is -0.138. The van der Waals surface area contributed by atoms with Gasteiger partial charge in [-0.1, -0.05) is 12.1 Å². The molecule has 0 amide bonds. The Morgan fingerprint density at radius 2 is 1.95 bits per heavy atom. The summed E-state index contributed by atoms with van der Waals surface area (Å²) in [6, 6.07) is 7.47. The lowest BCUT2D eigenvalue weighted by atomic mass is 10.1. The third-order valence-corrected chi connectivity index (χ3v) is 3.13. The van der Waals surface area contributed by atoms with E-state index < -0.39 is 11.9 Å². The summed E-state index contributed by atoms with van der Waals surface area (Å²) in [5.74, 6) is -1.33. The number of methoxy groups -OCH3 is 2. The zero-order valence-electron chi connectivity index (χ0n) is 12.5. The second kappa shape index (κ2) is 6.71. The van der Waals surface area contributed by atoms with Crippen LogP contribution in [0.15, 0.2) is 42.2 Å². The summed E-state index contributed by atoms with van der Waals surface area (Å²) in [4.78, 5) is 27.5. The Balaban J connectivity index is 2.47. The van der Waals surface area contributed by atoms with E-state index in [4.69, 9.17) is 0 Å². The summed E-state index contributed by atoms with van der Waals surface area (Å²) >= 11 is 0. The molecule has 1 aromatic heterocycles. The van der Waals surface area contributed by atoms with Gasteiger partial charge in [-0.05, 0) is 24.6 Å². The van der Waals surface area contributed by atoms with Crippen molar-refractivity contribution in [2.45, 2.75) is 6.92 Å². The summed E-state index contributed by atoms with van der Waals surface area (Å²) in [6.45, 7) is 1.97. The minimum atomic E-state index is -0.671. The largest absolute Gasteiger partial charge is 0.466 e. The number of nitrogens with one attached hydrogen (secondary N) is 1. The first kappa shape index (κ1) is 15.5. The standard InChI is InChI=1S/C16H16N2O4/c1-10-6-7-12(15-11(10)5-4-8-17-15)18-13(16(20)22-3)9-14(19)21-2/h4-9,18H,1-3H3/b13-9-. The highest BCUT2D eigenvalue weighted by Gasteiger charge is 2.14. The third-order valence-electron chi connectivity index (χ3n) is 3.13. The quantitative estimate of drug-likeness (QED) is 0.689. The SMILES string of the molecule is COC(=O)/C=C(\Nc1ccc(C)c2cccnc12)C(=O)OC. The number of pyridine rings is 1. The molecule has 0 radical (unpaired) electrons. The van der Waals surface area contributed by atoms with Crippen LogP contribution in [0.5, 0.6) is 0 Å². The fraction of sp³-hybridized carbons (Fsp3) is 0.188. The first-order valence-electron chi connectivity index (χ1n) is 6.56. The maximum Gasteiger partial charge on any atom is 0.354 e. The van der Waals surface area contributed by atoms with Crippen molar-refractivity contribution in [3.8, 4) is 0 Å². The van der Waals surface area contributed by atoms with Crippen molar-refractivity contribution in [2.75, 3.05) is 19.5 Å². The molecular weight excluding hydrogens is 284 g/mol. The van der Waals surface area contributed by atoms with E-state index >= 15 is 0 Å². The number of hydrogen-bond acceptors (Lipinski definition) is 6. The van der Waals surface area contributed by atoms with Gasteiger partial charge in [0, 0.05) is 11.6 Å². The molecule has 0 fully saturated rings. The van der Waals surface area contributed by atoms with E-state index in [1.807, 2.05) is 25.1 Å². The van der Waals surface area contributed by atoms with Crippen LogP contribution in [0.2, 0.25) is 0 Å². The molecule has 1 aromatic carbocycles. The Morgan fingerprint density at radius 3 is 2.64 bits per heavy atom. The lowest BCUT2D eigenvalue weighted by Crippen LogP contribution is -2.15. The number of rotatable bonds is 4. The van der Waals surface area contributed by atoms with Gasteiger partial charge in [0.15, 0.2) is 0 Å². The van der Waals surface area contributed by atoms with Gasteiger partial charge >= 0.3 is 11.9 Å². The maximum atomic E-state index is 11.8. The molecule has 0 unspecified atom stereocenters. The van der Waals surface area contributed by atoms with Gasteiger partial charge in [0.25, 0.3) is 0 Å². The van der Waals surface area contributed by atoms with Crippen molar-refractivity contribution in [1.82, 2.24) is 4.98 Å².